The van der Waals surface area contributed by atoms with Gasteiger partial charge < -0.3 is 35.2 Å². The van der Waals surface area contributed by atoms with E-state index in [-0.39, 0.29) is 49.4 Å². The first-order chi connectivity index (χ1) is 36.5. The molecule has 5 amide bonds. The lowest BCUT2D eigenvalue weighted by Crippen LogP contribution is -2.42. The number of ether oxygens (including phenoxy) is 2. The number of hydrogen-bond acceptors (Lipinski definition) is 9. The van der Waals surface area contributed by atoms with Gasteiger partial charge in [-0.2, -0.15) is 0 Å². The largest absolute Gasteiger partial charge is 0.469 e. The summed E-state index contributed by atoms with van der Waals surface area (Å²) in [6.45, 7) is 2.41. The summed E-state index contributed by atoms with van der Waals surface area (Å²) in [5, 5.41) is 11.6. The normalized spacial score (nSPS) is 18.8. The van der Waals surface area contributed by atoms with E-state index in [4.69, 9.17) is 79.1 Å². The quantitative estimate of drug-likeness (QED) is 0.114. The zero-order valence-corrected chi connectivity index (χ0v) is 46.1. The first kappa shape index (κ1) is 54.7. The molecule has 4 aliphatic rings. The van der Waals surface area contributed by atoms with E-state index in [2.05, 4.69) is 22.0 Å². The summed E-state index contributed by atoms with van der Waals surface area (Å²) in [6.07, 6.45) is 0. The summed E-state index contributed by atoms with van der Waals surface area (Å²) in [6, 6.07) is 32.3. The smallest absolute Gasteiger partial charge is 0.326 e. The summed E-state index contributed by atoms with van der Waals surface area (Å²) in [5.74, 6) is -2.27. The van der Waals surface area contributed by atoms with E-state index in [1.165, 1.54) is 24.0 Å². The minimum atomic E-state index is -0.599. The number of fused-ring (bicyclic) bond motifs is 2. The number of carbonyl (C=O) groups excluding carboxylic acids is 5. The fourth-order valence-corrected chi connectivity index (χ4v) is 12.1. The number of anilines is 4. The van der Waals surface area contributed by atoms with Crippen LogP contribution in [-0.4, -0.2) is 101 Å². The number of para-hydroxylation sites is 2. The molecule has 10 rings (SSSR count). The third-order valence-electron chi connectivity index (χ3n) is 14.1. The Hall–Kier alpha value is -6.07. The standard InChI is InChI=1S/C30H29Cl3N4O4.C26H22Cl3N3O3/c1-35(2)16-27(38)36-14-21(22(15-36)29(39)41-3)17-11-19(18-7-4-5-8-23(18)31)20-13-34-30(40)37(26(20)12-17)28-24(32)9-6-10-25(28)33;1-35-25(33)19-12-30-11-17(19)14-9-16(15-5-2-3-6-20(15)27)18-13-31-26(34)32(23(18)10-14)24-21(28)7-4-8-22(24)29/h4-12,21-22H,13-16H2,1-3H3,(H,34,40);2-10,17,19,30H,11-13H2,1H3,(H,31,34)/t21?,22-;17?,19-/m00/s1. The number of likely N-dealkylation sites (N-methyl/N-ethyl adjacent to an activating group) is 1. The van der Waals surface area contributed by atoms with Gasteiger partial charge in [-0.1, -0.05) is 130 Å². The second-order valence-corrected chi connectivity index (χ2v) is 21.3. The number of halogens is 6. The van der Waals surface area contributed by atoms with Gasteiger partial charge in [0, 0.05) is 83.4 Å². The van der Waals surface area contributed by atoms with Crippen molar-refractivity contribution in [1.82, 2.24) is 25.8 Å². The lowest BCUT2D eigenvalue weighted by molar-refractivity contribution is -0.146. The van der Waals surface area contributed by atoms with Crippen LogP contribution in [0.5, 0.6) is 0 Å². The Bertz CT molecular complexity index is 3250. The lowest BCUT2D eigenvalue weighted by Gasteiger charge is -2.34. The van der Waals surface area contributed by atoms with E-state index < -0.39 is 23.8 Å². The molecule has 0 saturated carbocycles. The summed E-state index contributed by atoms with van der Waals surface area (Å²) in [4.78, 5) is 71.7. The molecule has 2 fully saturated rings. The number of likely N-dealkylation sites (tertiary alicyclic amines) is 1. The molecule has 4 aliphatic heterocycles. The van der Waals surface area contributed by atoms with Crippen LogP contribution in [-0.2, 0) is 36.9 Å². The highest BCUT2D eigenvalue weighted by Crippen LogP contribution is 2.49. The Kier molecular flexibility index (Phi) is 16.7. The number of amides is 5. The molecule has 3 N–H and O–H groups in total. The molecule has 76 heavy (non-hydrogen) atoms. The van der Waals surface area contributed by atoms with Crippen molar-refractivity contribution in [1.29, 1.82) is 0 Å². The third kappa shape index (κ3) is 10.8. The van der Waals surface area contributed by atoms with Crippen LogP contribution in [0.3, 0.4) is 0 Å². The number of benzene rings is 6. The van der Waals surface area contributed by atoms with E-state index in [9.17, 15) is 24.0 Å². The zero-order valence-electron chi connectivity index (χ0n) is 41.6. The fourth-order valence-electron chi connectivity index (χ4n) is 10.5. The Morgan fingerprint density at radius 2 is 0.987 bits per heavy atom. The molecule has 6 aromatic carbocycles. The summed E-state index contributed by atoms with van der Waals surface area (Å²) in [5.41, 5.74) is 8.54. The molecule has 0 aromatic heterocycles. The van der Waals surface area contributed by atoms with Crippen molar-refractivity contribution in [2.24, 2.45) is 11.8 Å². The second kappa shape index (κ2) is 23.3. The highest BCUT2D eigenvalue weighted by molar-refractivity contribution is 6.41. The Morgan fingerprint density at radius 3 is 1.43 bits per heavy atom. The molecule has 2 saturated heterocycles. The van der Waals surface area contributed by atoms with Crippen LogP contribution in [0, 0.1) is 11.8 Å². The van der Waals surface area contributed by atoms with Crippen LogP contribution in [0.1, 0.15) is 34.1 Å². The fraction of sp³-hybridized carbons (Fsp3) is 0.268. The number of hydrogen-bond donors (Lipinski definition) is 3. The number of esters is 2. The molecule has 394 valence electrons. The van der Waals surface area contributed by atoms with Crippen molar-refractivity contribution in [2.75, 3.05) is 70.8 Å². The maximum atomic E-state index is 13.4. The highest BCUT2D eigenvalue weighted by Gasteiger charge is 2.43. The molecule has 0 spiro atoms. The van der Waals surface area contributed by atoms with E-state index in [0.29, 0.717) is 79.1 Å². The Balaban J connectivity index is 0.000000188. The van der Waals surface area contributed by atoms with E-state index in [0.717, 1.165) is 44.5 Å². The van der Waals surface area contributed by atoms with Crippen LogP contribution in [0.2, 0.25) is 30.1 Å². The second-order valence-electron chi connectivity index (χ2n) is 18.9. The summed E-state index contributed by atoms with van der Waals surface area (Å²) in [7, 11) is 6.38. The van der Waals surface area contributed by atoms with Crippen LogP contribution in [0.15, 0.2) is 109 Å². The molecule has 6 aromatic rings. The zero-order chi connectivity index (χ0) is 54.1. The maximum Gasteiger partial charge on any atom is 0.326 e. The average Bonchev–Trinajstić information content (AvgIpc) is 4.16. The SMILES string of the molecule is COC(=O)[C@H]1CN(C(=O)CN(C)C)CC1c1cc(-c2ccccc2Cl)c2c(c1)N(c1c(Cl)cccc1Cl)C(=O)NC2.COC(=O)[C@H]1CNCC1c1cc(-c2ccccc2Cl)c2c(c1)N(c1c(Cl)cccc1Cl)C(=O)NC2. The number of nitrogens with one attached hydrogen (secondary N) is 3. The van der Waals surface area contributed by atoms with Crippen LogP contribution < -0.4 is 25.8 Å². The van der Waals surface area contributed by atoms with Gasteiger partial charge in [0.05, 0.1) is 75.4 Å². The van der Waals surface area contributed by atoms with Crippen LogP contribution >= 0.6 is 69.6 Å². The highest BCUT2D eigenvalue weighted by atomic mass is 35.5. The van der Waals surface area contributed by atoms with Crippen molar-refractivity contribution in [3.05, 3.63) is 162 Å². The third-order valence-corrected chi connectivity index (χ3v) is 16.0. The van der Waals surface area contributed by atoms with E-state index >= 15 is 0 Å². The van der Waals surface area contributed by atoms with E-state index in [1.807, 2.05) is 74.8 Å². The van der Waals surface area contributed by atoms with Gasteiger partial charge in [-0.25, -0.2) is 9.59 Å². The molecular weight excluding hydrogens is 1100 g/mol. The molecule has 0 aliphatic carbocycles. The number of nitrogens with zero attached hydrogens (tertiary/aromatic N) is 4. The van der Waals surface area contributed by atoms with Gasteiger partial charge in [0.25, 0.3) is 0 Å². The predicted molar refractivity (Wildman–Crippen MR) is 300 cm³/mol. The first-order valence-corrected chi connectivity index (χ1v) is 26.4. The molecule has 14 nitrogen and oxygen atoms in total. The van der Waals surface area contributed by atoms with Crippen molar-refractivity contribution in [3.63, 3.8) is 0 Å². The number of carbonyl (C=O) groups is 5. The molecular formula is C56H51Cl6N7O7. The molecule has 4 atom stereocenters. The van der Waals surface area contributed by atoms with E-state index in [1.54, 1.807) is 52.3 Å². The molecule has 0 bridgehead atoms. The van der Waals surface area contributed by atoms with Gasteiger partial charge in [0.2, 0.25) is 5.91 Å². The van der Waals surface area contributed by atoms with Crippen LogP contribution in [0.25, 0.3) is 22.3 Å². The Labute approximate surface area is 470 Å². The summed E-state index contributed by atoms with van der Waals surface area (Å²) < 4.78 is 10.2. The summed E-state index contributed by atoms with van der Waals surface area (Å²) >= 11 is 39.5. The van der Waals surface area contributed by atoms with Crippen LogP contribution in [0.4, 0.5) is 32.3 Å². The predicted octanol–water partition coefficient (Wildman–Crippen LogP) is 12.1. The van der Waals surface area contributed by atoms with Gasteiger partial charge in [-0.3, -0.25) is 24.2 Å². The topological polar surface area (TPSA) is 153 Å². The van der Waals surface area contributed by atoms with Gasteiger partial charge in [-0.05, 0) is 84.9 Å². The first-order valence-electron chi connectivity index (χ1n) is 24.2. The molecule has 2 unspecified atom stereocenters. The van der Waals surface area contributed by atoms with Gasteiger partial charge in [-0.15, -0.1) is 0 Å². The van der Waals surface area contributed by atoms with Crippen molar-refractivity contribution < 1.29 is 33.4 Å². The molecule has 4 heterocycles. The number of methoxy groups -OCH3 is 2. The van der Waals surface area contributed by atoms with Crippen molar-refractivity contribution >= 4 is 122 Å². The van der Waals surface area contributed by atoms with Gasteiger partial charge in [0.1, 0.15) is 0 Å². The number of urea groups is 2. The van der Waals surface area contributed by atoms with Crippen molar-refractivity contribution in [2.45, 2.75) is 24.9 Å². The monoisotopic (exact) mass is 1140 g/mol. The van der Waals surface area contributed by atoms with Gasteiger partial charge in [0.15, 0.2) is 0 Å². The maximum absolute atomic E-state index is 13.4. The molecule has 0 radical (unpaired) electrons. The lowest BCUT2D eigenvalue weighted by atomic mass is 9.84. The number of rotatable bonds is 10. The minimum Gasteiger partial charge on any atom is -0.469 e. The minimum absolute atomic E-state index is 0.0838. The average molecular weight is 1150 g/mol. The Morgan fingerprint density at radius 1 is 0.553 bits per heavy atom. The van der Waals surface area contributed by atoms with Gasteiger partial charge >= 0.3 is 24.0 Å². The van der Waals surface area contributed by atoms with Crippen molar-refractivity contribution in [3.8, 4) is 22.3 Å². The molecule has 20 heteroatoms.